The monoisotopic (exact) mass is 398 g/mol. The van der Waals surface area contributed by atoms with Crippen molar-refractivity contribution in [2.45, 2.75) is 31.2 Å². The van der Waals surface area contributed by atoms with Crippen molar-refractivity contribution in [1.82, 2.24) is 4.72 Å². The lowest BCUT2D eigenvalue weighted by Crippen LogP contribution is -2.40. The highest BCUT2D eigenvalue weighted by atomic mass is 32.2. The van der Waals surface area contributed by atoms with E-state index in [4.69, 9.17) is 4.74 Å². The van der Waals surface area contributed by atoms with Crippen LogP contribution < -0.4 is 14.8 Å². The summed E-state index contributed by atoms with van der Waals surface area (Å²) in [5.74, 6) is -2.77. The Labute approximate surface area is 156 Å². The molecule has 0 aliphatic heterocycles. The first-order valence-electron chi connectivity index (χ1n) is 7.91. The first kappa shape index (κ1) is 20.8. The molecule has 0 unspecified atom stereocenters. The Hall–Kier alpha value is -2.52. The average Bonchev–Trinajstić information content (AvgIpc) is 2.55. The largest absolute Gasteiger partial charge is 0.495 e. The van der Waals surface area contributed by atoms with Crippen LogP contribution in [-0.2, 0) is 10.0 Å². The number of amides is 1. The summed E-state index contributed by atoms with van der Waals surface area (Å²) in [6.45, 7) is 5.03. The van der Waals surface area contributed by atoms with Gasteiger partial charge in [-0.15, -0.1) is 0 Å². The number of halogens is 2. The number of nitrogens with one attached hydrogen (secondary N) is 2. The number of carbonyl (C=O) groups is 1. The third-order valence-electron chi connectivity index (χ3n) is 3.33. The second kappa shape index (κ2) is 7.61. The first-order chi connectivity index (χ1) is 12.4. The fourth-order valence-corrected chi connectivity index (χ4v) is 3.88. The van der Waals surface area contributed by atoms with Gasteiger partial charge in [0.05, 0.1) is 7.11 Å². The number of carbonyl (C=O) groups excluding carboxylic acids is 1. The molecule has 0 aliphatic carbocycles. The van der Waals surface area contributed by atoms with Crippen molar-refractivity contribution in [2.24, 2.45) is 0 Å². The molecular formula is C18H20F2N2O4S. The number of sulfonamides is 1. The Balaban J connectivity index is 2.38. The summed E-state index contributed by atoms with van der Waals surface area (Å²) in [6, 6.07) is 6.76. The highest BCUT2D eigenvalue weighted by Crippen LogP contribution is 2.26. The predicted octanol–water partition coefficient (Wildman–Crippen LogP) is 3.30. The van der Waals surface area contributed by atoms with Crippen molar-refractivity contribution in [2.75, 3.05) is 12.4 Å². The van der Waals surface area contributed by atoms with Gasteiger partial charge in [-0.1, -0.05) is 0 Å². The zero-order valence-corrected chi connectivity index (χ0v) is 16.1. The van der Waals surface area contributed by atoms with Crippen LogP contribution in [0.25, 0.3) is 0 Å². The van der Waals surface area contributed by atoms with Crippen LogP contribution in [0, 0.1) is 11.6 Å². The molecule has 0 saturated heterocycles. The van der Waals surface area contributed by atoms with Crippen LogP contribution in [-0.4, -0.2) is 27.0 Å². The molecular weight excluding hydrogens is 378 g/mol. The highest BCUT2D eigenvalue weighted by molar-refractivity contribution is 7.89. The number of hydrogen-bond donors (Lipinski definition) is 2. The normalized spacial score (nSPS) is 11.9. The molecule has 0 aromatic heterocycles. The van der Waals surface area contributed by atoms with Gasteiger partial charge in [-0.2, -0.15) is 0 Å². The quantitative estimate of drug-likeness (QED) is 0.809. The summed E-state index contributed by atoms with van der Waals surface area (Å²) in [5.41, 5.74) is -0.699. The van der Waals surface area contributed by atoms with Gasteiger partial charge in [-0.3, -0.25) is 4.79 Å². The van der Waals surface area contributed by atoms with Gasteiger partial charge in [0.2, 0.25) is 10.0 Å². The van der Waals surface area contributed by atoms with Crippen LogP contribution in [0.1, 0.15) is 31.1 Å². The minimum atomic E-state index is -3.97. The SMILES string of the molecule is COc1ccc(C(=O)Nc2ccc(F)c(F)c2)cc1S(=O)(=O)NC(C)(C)C. The fraction of sp³-hybridized carbons (Fsp3) is 0.278. The van der Waals surface area contributed by atoms with Gasteiger partial charge >= 0.3 is 0 Å². The van der Waals surface area contributed by atoms with Crippen molar-refractivity contribution in [1.29, 1.82) is 0 Å². The molecule has 9 heteroatoms. The van der Waals surface area contributed by atoms with Gasteiger partial charge in [0.15, 0.2) is 11.6 Å². The maximum absolute atomic E-state index is 13.3. The van der Waals surface area contributed by atoms with E-state index in [9.17, 15) is 22.0 Å². The van der Waals surface area contributed by atoms with Crippen LogP contribution in [0.15, 0.2) is 41.3 Å². The number of rotatable bonds is 5. The molecule has 0 radical (unpaired) electrons. The van der Waals surface area contributed by atoms with Crippen molar-refractivity contribution >= 4 is 21.6 Å². The van der Waals surface area contributed by atoms with E-state index < -0.39 is 33.1 Å². The van der Waals surface area contributed by atoms with Gasteiger partial charge in [-0.25, -0.2) is 21.9 Å². The van der Waals surface area contributed by atoms with Crippen molar-refractivity contribution in [3.05, 3.63) is 53.6 Å². The molecule has 2 aromatic carbocycles. The molecule has 0 heterocycles. The third-order valence-corrected chi connectivity index (χ3v) is 5.11. The number of benzene rings is 2. The molecule has 146 valence electrons. The van der Waals surface area contributed by atoms with Gasteiger partial charge in [0.25, 0.3) is 5.91 Å². The lowest BCUT2D eigenvalue weighted by Gasteiger charge is -2.21. The molecule has 2 rings (SSSR count). The Morgan fingerprint density at radius 3 is 2.26 bits per heavy atom. The minimum absolute atomic E-state index is 0.00909. The van der Waals surface area contributed by atoms with Crippen LogP contribution in [0.5, 0.6) is 5.75 Å². The summed E-state index contributed by atoms with van der Waals surface area (Å²) in [5, 5.41) is 2.39. The number of ether oxygens (including phenoxy) is 1. The molecule has 0 atom stereocenters. The van der Waals surface area contributed by atoms with E-state index >= 15 is 0 Å². The second-order valence-corrected chi connectivity index (χ2v) is 8.45. The molecule has 27 heavy (non-hydrogen) atoms. The summed E-state index contributed by atoms with van der Waals surface area (Å²) in [7, 11) is -2.65. The van der Waals surface area contributed by atoms with E-state index in [0.29, 0.717) is 0 Å². The van der Waals surface area contributed by atoms with Crippen molar-refractivity contribution in [3.63, 3.8) is 0 Å². The Morgan fingerprint density at radius 1 is 1.04 bits per heavy atom. The van der Waals surface area contributed by atoms with Crippen LogP contribution in [0.2, 0.25) is 0 Å². The topological polar surface area (TPSA) is 84.5 Å². The van der Waals surface area contributed by atoms with E-state index in [1.807, 2.05) is 0 Å². The molecule has 0 saturated carbocycles. The van der Waals surface area contributed by atoms with E-state index in [2.05, 4.69) is 10.0 Å². The summed E-state index contributed by atoms with van der Waals surface area (Å²) < 4.78 is 59.1. The summed E-state index contributed by atoms with van der Waals surface area (Å²) in [6.07, 6.45) is 0. The molecule has 0 aliphatic rings. The smallest absolute Gasteiger partial charge is 0.255 e. The molecule has 2 aromatic rings. The predicted molar refractivity (Wildman–Crippen MR) is 97.4 cm³/mol. The molecule has 6 nitrogen and oxygen atoms in total. The Kier molecular flexibility index (Phi) is 5.86. The van der Waals surface area contributed by atoms with Crippen LogP contribution in [0.3, 0.4) is 0 Å². The van der Waals surface area contributed by atoms with Crippen LogP contribution >= 0.6 is 0 Å². The van der Waals surface area contributed by atoms with E-state index in [1.54, 1.807) is 20.8 Å². The molecule has 0 spiro atoms. The molecule has 0 fully saturated rings. The zero-order chi connectivity index (χ0) is 20.4. The standard InChI is InChI=1S/C18H20F2N2O4S/c1-18(2,3)22-27(24,25)16-9-11(5-8-15(16)26-4)17(23)21-12-6-7-13(19)14(20)10-12/h5-10,22H,1-4H3,(H,21,23). The molecule has 1 amide bonds. The maximum Gasteiger partial charge on any atom is 0.255 e. The lowest BCUT2D eigenvalue weighted by molar-refractivity contribution is 0.102. The van der Waals surface area contributed by atoms with Crippen LogP contribution in [0.4, 0.5) is 14.5 Å². The Bertz CT molecular complexity index is 970. The average molecular weight is 398 g/mol. The van der Waals surface area contributed by atoms with Gasteiger partial charge in [-0.05, 0) is 51.1 Å². The van der Waals surface area contributed by atoms with Gasteiger partial charge in [0.1, 0.15) is 10.6 Å². The third kappa shape index (κ3) is 5.24. The fourth-order valence-electron chi connectivity index (χ4n) is 2.26. The number of methoxy groups -OCH3 is 1. The number of hydrogen-bond acceptors (Lipinski definition) is 4. The minimum Gasteiger partial charge on any atom is -0.495 e. The van der Waals surface area contributed by atoms with Crippen molar-refractivity contribution < 1.29 is 26.7 Å². The van der Waals surface area contributed by atoms with E-state index in [1.165, 1.54) is 25.3 Å². The van der Waals surface area contributed by atoms with Gasteiger partial charge in [0, 0.05) is 22.9 Å². The van der Waals surface area contributed by atoms with Gasteiger partial charge < -0.3 is 10.1 Å². The summed E-state index contributed by atoms with van der Waals surface area (Å²) >= 11 is 0. The Morgan fingerprint density at radius 2 is 1.70 bits per heavy atom. The van der Waals surface area contributed by atoms with Crippen molar-refractivity contribution in [3.8, 4) is 5.75 Å². The molecule has 2 N–H and O–H groups in total. The second-order valence-electron chi connectivity index (χ2n) is 6.80. The first-order valence-corrected chi connectivity index (χ1v) is 9.40. The molecule has 0 bridgehead atoms. The zero-order valence-electron chi connectivity index (χ0n) is 15.3. The maximum atomic E-state index is 13.3. The number of anilines is 1. The lowest BCUT2D eigenvalue weighted by atomic mass is 10.1. The van der Waals surface area contributed by atoms with E-state index in [-0.39, 0.29) is 21.9 Å². The summed E-state index contributed by atoms with van der Waals surface area (Å²) in [4.78, 5) is 12.2. The van der Waals surface area contributed by atoms with E-state index in [0.717, 1.165) is 18.2 Å². The highest BCUT2D eigenvalue weighted by Gasteiger charge is 2.26.